The zero-order valence-corrected chi connectivity index (χ0v) is 15.6. The van der Waals surface area contributed by atoms with E-state index in [4.69, 9.17) is 0 Å². The van der Waals surface area contributed by atoms with Gasteiger partial charge in [0.15, 0.2) is 0 Å². The fraction of sp³-hybridized carbons (Fsp3) is 0.381. The van der Waals surface area contributed by atoms with Gasteiger partial charge in [0, 0.05) is 5.92 Å². The molecule has 120 valence electrons. The van der Waals surface area contributed by atoms with Crippen molar-refractivity contribution in [1.29, 1.82) is 0 Å². The monoisotopic (exact) mass is 322 g/mol. The van der Waals surface area contributed by atoms with E-state index in [0.717, 1.165) is 11.7 Å². The van der Waals surface area contributed by atoms with Gasteiger partial charge in [-0.3, -0.25) is 0 Å². The molecule has 1 nitrogen and oxygen atoms in total. The Morgan fingerprint density at radius 1 is 0.913 bits per heavy atom. The lowest BCUT2D eigenvalue weighted by molar-refractivity contribution is -0.113. The summed E-state index contributed by atoms with van der Waals surface area (Å²) in [5.41, 5.74) is 2.44. The summed E-state index contributed by atoms with van der Waals surface area (Å²) in [7, 11) is 0. The molecule has 0 N–H and O–H groups in total. The largest absolute Gasteiger partial charge is 0.343 e. The van der Waals surface area contributed by atoms with Crippen LogP contribution in [-0.4, -0.2) is 19.9 Å². The summed E-state index contributed by atoms with van der Waals surface area (Å²) < 4.78 is 0.525. The van der Waals surface area contributed by atoms with Crippen LogP contribution in [0.5, 0.6) is 0 Å². The summed E-state index contributed by atoms with van der Waals surface area (Å²) >= 11 is -0.638. The van der Waals surface area contributed by atoms with Gasteiger partial charge in [0.2, 0.25) is 0 Å². The SMILES string of the molecule is CCCCC[CH2][AlH][C](=O)C(Cc1ccccc1)c1ccccc1. The summed E-state index contributed by atoms with van der Waals surface area (Å²) in [5, 5.41) is 1.16. The van der Waals surface area contributed by atoms with Crippen LogP contribution >= 0.6 is 0 Å². The molecule has 2 heteroatoms. The Morgan fingerprint density at radius 2 is 1.57 bits per heavy atom. The van der Waals surface area contributed by atoms with Gasteiger partial charge in [0.25, 0.3) is 0 Å². The third-order valence-electron chi connectivity index (χ3n) is 4.40. The highest BCUT2D eigenvalue weighted by Gasteiger charge is 2.21. The van der Waals surface area contributed by atoms with Crippen LogP contribution in [0.25, 0.3) is 0 Å². The Morgan fingerprint density at radius 3 is 2.22 bits per heavy atom. The Kier molecular flexibility index (Phi) is 8.15. The van der Waals surface area contributed by atoms with Crippen LogP contribution in [0.2, 0.25) is 5.28 Å². The number of carbonyl (C=O) groups is 1. The van der Waals surface area contributed by atoms with Crippen LogP contribution < -0.4 is 0 Å². The van der Waals surface area contributed by atoms with Crippen LogP contribution in [0.3, 0.4) is 0 Å². The van der Waals surface area contributed by atoms with Gasteiger partial charge in [-0.05, 0) is 17.5 Å². The van der Waals surface area contributed by atoms with Crippen LogP contribution in [0.1, 0.15) is 49.7 Å². The molecule has 2 aromatic carbocycles. The Balaban J connectivity index is 2.00. The smallest absolute Gasteiger partial charge is 0.321 e. The second-order valence-electron chi connectivity index (χ2n) is 6.28. The Labute approximate surface area is 146 Å². The molecular formula is C21H27AlO. The van der Waals surface area contributed by atoms with E-state index in [1.165, 1.54) is 36.8 Å². The molecule has 0 aromatic heterocycles. The molecule has 0 bridgehead atoms. The summed E-state index contributed by atoms with van der Waals surface area (Å²) in [6.45, 7) is 2.23. The fourth-order valence-electron chi connectivity index (χ4n) is 3.03. The van der Waals surface area contributed by atoms with Crippen LogP contribution in [0.15, 0.2) is 60.7 Å². The molecule has 0 aliphatic heterocycles. The second kappa shape index (κ2) is 10.4. The Bertz CT molecular complexity index is 565. The topological polar surface area (TPSA) is 17.1 Å². The van der Waals surface area contributed by atoms with E-state index in [1.54, 1.807) is 0 Å². The summed E-state index contributed by atoms with van der Waals surface area (Å²) in [6, 6.07) is 20.7. The van der Waals surface area contributed by atoms with Gasteiger partial charge in [0.1, 0.15) is 0 Å². The summed E-state index contributed by atoms with van der Waals surface area (Å²) in [5.74, 6) is 0.0523. The molecule has 2 aromatic rings. The normalized spacial score (nSPS) is 11.9. The van der Waals surface area contributed by atoms with Crippen LogP contribution in [0.4, 0.5) is 0 Å². The summed E-state index contributed by atoms with van der Waals surface area (Å²) in [4.78, 5) is 12.8. The minimum atomic E-state index is -0.638. The highest BCUT2D eigenvalue weighted by atomic mass is 27.1. The molecule has 1 atom stereocenters. The highest BCUT2D eigenvalue weighted by molar-refractivity contribution is 6.74. The molecule has 0 amide bonds. The third-order valence-corrected chi connectivity index (χ3v) is 6.24. The van der Waals surface area contributed by atoms with Gasteiger partial charge in [-0.15, -0.1) is 0 Å². The molecule has 0 radical (unpaired) electrons. The van der Waals surface area contributed by atoms with Gasteiger partial charge in [-0.2, -0.15) is 0 Å². The molecule has 0 fully saturated rings. The van der Waals surface area contributed by atoms with Crippen molar-refractivity contribution in [2.75, 3.05) is 0 Å². The van der Waals surface area contributed by atoms with Crippen LogP contribution in [-0.2, 0) is 11.2 Å². The van der Waals surface area contributed by atoms with Gasteiger partial charge in [-0.1, -0.05) is 98.6 Å². The van der Waals surface area contributed by atoms with E-state index in [1.807, 2.05) is 24.3 Å². The quantitative estimate of drug-likeness (QED) is 0.445. The van der Waals surface area contributed by atoms with Crippen molar-refractivity contribution in [3.63, 3.8) is 0 Å². The average Bonchev–Trinajstić information content (AvgIpc) is 2.61. The number of hydrogen-bond donors (Lipinski definition) is 0. The molecule has 0 saturated carbocycles. The van der Waals surface area contributed by atoms with Crippen molar-refractivity contribution in [2.24, 2.45) is 0 Å². The minimum absolute atomic E-state index is 0.0523. The van der Waals surface area contributed by atoms with Gasteiger partial charge in [0.05, 0.1) is 4.65 Å². The first-order valence-corrected chi connectivity index (χ1v) is 10.6. The van der Waals surface area contributed by atoms with E-state index < -0.39 is 15.2 Å². The highest BCUT2D eigenvalue weighted by Crippen LogP contribution is 2.22. The molecule has 1 unspecified atom stereocenters. The molecule has 23 heavy (non-hydrogen) atoms. The van der Waals surface area contributed by atoms with Gasteiger partial charge in [-0.25, -0.2) is 0 Å². The lowest BCUT2D eigenvalue weighted by Gasteiger charge is -2.17. The predicted molar refractivity (Wildman–Crippen MR) is 100 cm³/mol. The number of rotatable bonds is 10. The maximum atomic E-state index is 12.8. The molecule has 2 rings (SSSR count). The van der Waals surface area contributed by atoms with Gasteiger partial charge >= 0.3 is 15.2 Å². The van der Waals surface area contributed by atoms with Crippen molar-refractivity contribution in [1.82, 2.24) is 0 Å². The van der Waals surface area contributed by atoms with E-state index in [0.29, 0.717) is 4.65 Å². The third kappa shape index (κ3) is 6.34. The lowest BCUT2D eigenvalue weighted by Crippen LogP contribution is -2.21. The fourth-order valence-corrected chi connectivity index (χ4v) is 4.71. The first kappa shape index (κ1) is 18.0. The van der Waals surface area contributed by atoms with Crippen molar-refractivity contribution < 1.29 is 4.79 Å². The molecule has 0 spiro atoms. The maximum absolute atomic E-state index is 12.8. The van der Waals surface area contributed by atoms with E-state index in [2.05, 4.69) is 43.3 Å². The maximum Gasteiger partial charge on any atom is 0.343 e. The standard InChI is InChI=1S/C15H13O.C6H13.Al.H/c16-12-15(14-9-5-2-6-10-14)11-13-7-3-1-4-8-13;1-3-5-6-4-2;;/h1-10,15H,11H2;1,3-6H2,2H3;;. The second-order valence-corrected chi connectivity index (χ2v) is 8.19. The number of hydrogen-bond acceptors (Lipinski definition) is 1. The lowest BCUT2D eigenvalue weighted by atomic mass is 9.93. The van der Waals surface area contributed by atoms with E-state index >= 15 is 0 Å². The number of carbonyl (C=O) groups excluding carboxylic acids is 1. The zero-order chi connectivity index (χ0) is 16.3. The van der Waals surface area contributed by atoms with Crippen molar-refractivity contribution >= 4 is 19.9 Å². The van der Waals surface area contributed by atoms with E-state index in [9.17, 15) is 4.79 Å². The minimum Gasteiger partial charge on any atom is -0.321 e. The molecule has 0 aliphatic carbocycles. The van der Waals surface area contributed by atoms with Crippen molar-refractivity contribution in [2.45, 2.75) is 50.2 Å². The van der Waals surface area contributed by atoms with Crippen LogP contribution in [0, 0.1) is 0 Å². The summed E-state index contributed by atoms with van der Waals surface area (Å²) in [6.07, 6.45) is 5.92. The molecular weight excluding hydrogens is 295 g/mol. The zero-order valence-electron chi connectivity index (χ0n) is 14.2. The number of unbranched alkanes of at least 4 members (excludes halogenated alkanes) is 3. The van der Waals surface area contributed by atoms with Gasteiger partial charge < -0.3 is 4.79 Å². The molecule has 0 saturated heterocycles. The first-order chi connectivity index (χ1) is 11.3. The van der Waals surface area contributed by atoms with Crippen molar-refractivity contribution in [3.8, 4) is 0 Å². The Hall–Kier alpha value is -1.36. The van der Waals surface area contributed by atoms with E-state index in [-0.39, 0.29) is 5.92 Å². The number of benzene rings is 2. The predicted octanol–water partition coefficient (Wildman–Crippen LogP) is 4.97. The van der Waals surface area contributed by atoms with Crippen molar-refractivity contribution in [3.05, 3.63) is 71.8 Å². The molecule has 0 heterocycles. The first-order valence-electron chi connectivity index (χ1n) is 8.93. The molecule has 0 aliphatic rings. The average molecular weight is 322 g/mol.